The first-order valence-electron chi connectivity index (χ1n) is 4.91. The fourth-order valence-corrected chi connectivity index (χ4v) is 1.93. The molecule has 0 aliphatic heterocycles. The molecule has 8 heteroatoms. The summed E-state index contributed by atoms with van der Waals surface area (Å²) in [6, 6.07) is 3.35. The maximum Gasteiger partial charge on any atom is 0.304 e. The van der Waals surface area contributed by atoms with E-state index in [1.165, 1.54) is 12.1 Å². The van der Waals surface area contributed by atoms with Crippen molar-refractivity contribution < 1.29 is 9.31 Å². The summed E-state index contributed by atoms with van der Waals surface area (Å²) in [6.45, 7) is 0.244. The van der Waals surface area contributed by atoms with Gasteiger partial charge in [-0.1, -0.05) is 11.3 Å². The van der Waals surface area contributed by atoms with Gasteiger partial charge in [0, 0.05) is 17.1 Å². The Morgan fingerprint density at radius 2 is 2.28 bits per heavy atom. The fourth-order valence-electron chi connectivity index (χ4n) is 1.35. The number of nitrogens with one attached hydrogen (secondary N) is 2. The molecule has 0 bridgehead atoms. The van der Waals surface area contributed by atoms with Gasteiger partial charge in [-0.2, -0.15) is 0 Å². The Balaban J connectivity index is 2.10. The number of H-pyrrole nitrogens is 1. The summed E-state index contributed by atoms with van der Waals surface area (Å²) >= 11 is 1.02. The molecule has 0 radical (unpaired) electrons. The maximum absolute atomic E-state index is 13.5. The Morgan fingerprint density at radius 1 is 1.50 bits per heavy atom. The molecule has 0 saturated heterocycles. The molecule has 0 aliphatic rings. The van der Waals surface area contributed by atoms with Gasteiger partial charge in [-0.3, -0.25) is 14.9 Å². The van der Waals surface area contributed by atoms with Crippen molar-refractivity contribution in [3.8, 4) is 0 Å². The van der Waals surface area contributed by atoms with Crippen LogP contribution in [0.3, 0.4) is 0 Å². The van der Waals surface area contributed by atoms with E-state index in [-0.39, 0.29) is 22.8 Å². The molecule has 0 atom stereocenters. The van der Waals surface area contributed by atoms with Crippen molar-refractivity contribution in [3.63, 3.8) is 0 Å². The summed E-state index contributed by atoms with van der Waals surface area (Å²) < 4.78 is 13.5. The monoisotopic (exact) mass is 269 g/mol. The first-order valence-corrected chi connectivity index (χ1v) is 5.79. The third-order valence-electron chi connectivity index (χ3n) is 2.20. The van der Waals surface area contributed by atoms with E-state index in [0.29, 0.717) is 5.69 Å². The van der Waals surface area contributed by atoms with Crippen LogP contribution < -0.4 is 10.2 Å². The quantitative estimate of drug-likeness (QED) is 0.657. The highest BCUT2D eigenvalue weighted by molar-refractivity contribution is 7.07. The number of aromatic amines is 1. The van der Waals surface area contributed by atoms with Gasteiger partial charge >= 0.3 is 4.87 Å². The fraction of sp³-hybridized carbons (Fsp3) is 0.100. The minimum absolute atomic E-state index is 0.146. The molecule has 0 amide bonds. The van der Waals surface area contributed by atoms with Crippen LogP contribution in [0.25, 0.3) is 0 Å². The average molecular weight is 269 g/mol. The average Bonchev–Trinajstić information content (AvgIpc) is 2.73. The zero-order valence-electron chi connectivity index (χ0n) is 8.97. The van der Waals surface area contributed by atoms with Crippen LogP contribution in [0.1, 0.15) is 5.69 Å². The Hall–Kier alpha value is -2.22. The summed E-state index contributed by atoms with van der Waals surface area (Å²) in [5.74, 6) is -0.707. The number of rotatable bonds is 4. The Bertz CT molecular complexity index is 637. The van der Waals surface area contributed by atoms with E-state index in [4.69, 9.17) is 0 Å². The van der Waals surface area contributed by atoms with Crippen LogP contribution >= 0.6 is 11.3 Å². The SMILES string of the molecule is O=c1[nH]c(CNc2ccc([N+](=O)[O-])cc2F)cs1. The zero-order valence-corrected chi connectivity index (χ0v) is 9.79. The van der Waals surface area contributed by atoms with E-state index in [2.05, 4.69) is 10.3 Å². The topological polar surface area (TPSA) is 88.0 Å². The lowest BCUT2D eigenvalue weighted by atomic mass is 10.2. The van der Waals surface area contributed by atoms with Gasteiger partial charge in [0.1, 0.15) is 0 Å². The van der Waals surface area contributed by atoms with Crippen molar-refractivity contribution in [3.05, 3.63) is 54.9 Å². The summed E-state index contributed by atoms with van der Waals surface area (Å²) in [5, 5.41) is 14.8. The van der Waals surface area contributed by atoms with Crippen LogP contribution in [0.15, 0.2) is 28.4 Å². The van der Waals surface area contributed by atoms with Crippen LogP contribution in [0.2, 0.25) is 0 Å². The van der Waals surface area contributed by atoms with E-state index in [1.807, 2.05) is 0 Å². The maximum atomic E-state index is 13.5. The van der Waals surface area contributed by atoms with Crippen molar-refractivity contribution in [1.29, 1.82) is 0 Å². The lowest BCUT2D eigenvalue weighted by molar-refractivity contribution is -0.385. The van der Waals surface area contributed by atoms with Crippen molar-refractivity contribution in [1.82, 2.24) is 4.98 Å². The van der Waals surface area contributed by atoms with Gasteiger partial charge in [0.2, 0.25) is 0 Å². The van der Waals surface area contributed by atoms with Gasteiger partial charge in [-0.15, -0.1) is 0 Å². The van der Waals surface area contributed by atoms with Gasteiger partial charge in [0.15, 0.2) is 5.82 Å². The molecular weight excluding hydrogens is 261 g/mol. The number of benzene rings is 1. The number of anilines is 1. The number of non-ortho nitro benzene ring substituents is 1. The van der Waals surface area contributed by atoms with Crippen LogP contribution in [0.5, 0.6) is 0 Å². The number of nitrogens with zero attached hydrogens (tertiary/aromatic N) is 1. The molecule has 2 N–H and O–H groups in total. The van der Waals surface area contributed by atoms with Crippen LogP contribution in [0.4, 0.5) is 15.8 Å². The summed E-state index contributed by atoms with van der Waals surface area (Å²) in [4.78, 5) is 23.0. The van der Waals surface area contributed by atoms with E-state index in [0.717, 1.165) is 17.4 Å². The second kappa shape index (κ2) is 4.96. The molecule has 94 valence electrons. The molecular formula is C10H8FN3O3S. The zero-order chi connectivity index (χ0) is 13.1. The summed E-state index contributed by atoms with van der Waals surface area (Å²) in [6.07, 6.45) is 0. The Morgan fingerprint density at radius 3 is 2.83 bits per heavy atom. The van der Waals surface area contributed by atoms with Gasteiger partial charge in [0.05, 0.1) is 23.2 Å². The lowest BCUT2D eigenvalue weighted by Gasteiger charge is -2.05. The molecule has 2 aromatic rings. The number of thiazole rings is 1. The molecule has 0 fully saturated rings. The molecule has 0 unspecified atom stereocenters. The lowest BCUT2D eigenvalue weighted by Crippen LogP contribution is -2.04. The second-order valence-corrected chi connectivity index (χ2v) is 4.29. The molecule has 0 aliphatic carbocycles. The van der Waals surface area contributed by atoms with Crippen LogP contribution in [0, 0.1) is 15.9 Å². The Labute approximate surface area is 104 Å². The van der Waals surface area contributed by atoms with Crippen molar-refractivity contribution >= 4 is 22.7 Å². The predicted octanol–water partition coefficient (Wildman–Crippen LogP) is 2.10. The minimum atomic E-state index is -0.707. The Kier molecular flexibility index (Phi) is 3.38. The third kappa shape index (κ3) is 2.72. The van der Waals surface area contributed by atoms with Gasteiger partial charge in [-0.25, -0.2) is 4.39 Å². The highest BCUT2D eigenvalue weighted by Crippen LogP contribution is 2.20. The molecule has 1 aromatic carbocycles. The number of hydrogen-bond donors (Lipinski definition) is 2. The minimum Gasteiger partial charge on any atom is -0.377 e. The highest BCUT2D eigenvalue weighted by atomic mass is 32.1. The second-order valence-electron chi connectivity index (χ2n) is 3.45. The molecule has 1 heterocycles. The van der Waals surface area contributed by atoms with E-state index in [1.54, 1.807) is 5.38 Å². The first kappa shape index (κ1) is 12.2. The number of aromatic nitrogens is 1. The predicted molar refractivity (Wildman–Crippen MR) is 65.3 cm³/mol. The first-order chi connectivity index (χ1) is 8.56. The smallest absolute Gasteiger partial charge is 0.304 e. The van der Waals surface area contributed by atoms with E-state index < -0.39 is 10.7 Å². The van der Waals surface area contributed by atoms with Gasteiger partial charge in [0.25, 0.3) is 5.69 Å². The largest absolute Gasteiger partial charge is 0.377 e. The number of hydrogen-bond acceptors (Lipinski definition) is 5. The molecule has 0 spiro atoms. The summed E-state index contributed by atoms with van der Waals surface area (Å²) in [5.41, 5.74) is 0.470. The van der Waals surface area contributed by atoms with Crippen LogP contribution in [-0.2, 0) is 6.54 Å². The van der Waals surface area contributed by atoms with Crippen molar-refractivity contribution in [2.45, 2.75) is 6.54 Å². The third-order valence-corrected chi connectivity index (χ3v) is 2.92. The van der Waals surface area contributed by atoms with Gasteiger partial charge in [-0.05, 0) is 6.07 Å². The van der Waals surface area contributed by atoms with Crippen LogP contribution in [-0.4, -0.2) is 9.91 Å². The molecule has 18 heavy (non-hydrogen) atoms. The molecule has 2 rings (SSSR count). The standard InChI is InChI=1S/C10H8FN3O3S/c11-8-3-7(14(16)17)1-2-9(8)12-4-6-5-18-10(15)13-6/h1-3,5,12H,4H2,(H,13,15). The van der Waals surface area contributed by atoms with E-state index >= 15 is 0 Å². The van der Waals surface area contributed by atoms with Crippen molar-refractivity contribution in [2.75, 3.05) is 5.32 Å². The highest BCUT2D eigenvalue weighted by Gasteiger charge is 2.10. The number of halogens is 1. The summed E-state index contributed by atoms with van der Waals surface area (Å²) in [7, 11) is 0. The normalized spacial score (nSPS) is 10.3. The molecule has 6 nitrogen and oxygen atoms in total. The van der Waals surface area contributed by atoms with Gasteiger partial charge < -0.3 is 10.3 Å². The molecule has 0 saturated carbocycles. The molecule has 1 aromatic heterocycles. The van der Waals surface area contributed by atoms with Crippen molar-refractivity contribution in [2.24, 2.45) is 0 Å². The number of nitro groups is 1. The van der Waals surface area contributed by atoms with E-state index in [9.17, 15) is 19.3 Å². The number of nitro benzene ring substituents is 1.